The number of ether oxygens (including phenoxy) is 1. The third-order valence-electron chi connectivity index (χ3n) is 1.39. The maximum atomic E-state index is 10.5. The molecule has 0 saturated carbocycles. The smallest absolute Gasteiger partial charge is 0.340 e. The SMILES string of the molecule is O=C1OCCC1(O)CO. The van der Waals surface area contributed by atoms with E-state index in [4.69, 9.17) is 10.2 Å². The molecule has 1 atom stereocenters. The topological polar surface area (TPSA) is 66.8 Å². The maximum absolute atomic E-state index is 10.5. The van der Waals surface area contributed by atoms with Crippen molar-refractivity contribution in [1.82, 2.24) is 0 Å². The van der Waals surface area contributed by atoms with Gasteiger partial charge in [0.1, 0.15) is 0 Å². The van der Waals surface area contributed by atoms with Crippen molar-refractivity contribution in [3.05, 3.63) is 0 Å². The highest BCUT2D eigenvalue weighted by atomic mass is 16.6. The van der Waals surface area contributed by atoms with Crippen LogP contribution in [0.3, 0.4) is 0 Å². The van der Waals surface area contributed by atoms with Gasteiger partial charge in [-0.15, -0.1) is 0 Å². The molecule has 0 bridgehead atoms. The zero-order valence-corrected chi connectivity index (χ0v) is 4.83. The van der Waals surface area contributed by atoms with Crippen LogP contribution in [0.25, 0.3) is 0 Å². The Bertz CT molecular complexity index is 133. The van der Waals surface area contributed by atoms with Crippen molar-refractivity contribution >= 4 is 5.97 Å². The van der Waals surface area contributed by atoms with Crippen LogP contribution in [0.1, 0.15) is 6.42 Å². The van der Waals surface area contributed by atoms with E-state index in [2.05, 4.69) is 4.74 Å². The molecule has 0 aliphatic carbocycles. The first-order chi connectivity index (χ1) is 4.19. The van der Waals surface area contributed by atoms with Crippen molar-refractivity contribution in [2.75, 3.05) is 13.2 Å². The molecule has 0 aromatic rings. The van der Waals surface area contributed by atoms with Gasteiger partial charge in [0.15, 0.2) is 5.60 Å². The summed E-state index contributed by atoms with van der Waals surface area (Å²) < 4.78 is 4.41. The summed E-state index contributed by atoms with van der Waals surface area (Å²) in [5.41, 5.74) is -1.61. The van der Waals surface area contributed by atoms with Crippen LogP contribution in [-0.2, 0) is 9.53 Å². The van der Waals surface area contributed by atoms with Gasteiger partial charge in [-0.3, -0.25) is 0 Å². The Hall–Kier alpha value is -0.610. The number of carbonyl (C=O) groups is 1. The number of hydrogen-bond donors (Lipinski definition) is 2. The molecule has 52 valence electrons. The average molecular weight is 132 g/mol. The molecule has 1 saturated heterocycles. The first kappa shape index (κ1) is 6.51. The first-order valence-corrected chi connectivity index (χ1v) is 2.69. The zero-order valence-electron chi connectivity index (χ0n) is 4.83. The summed E-state index contributed by atoms with van der Waals surface area (Å²) in [6.07, 6.45) is 0.197. The van der Waals surface area contributed by atoms with Crippen LogP contribution in [0.15, 0.2) is 0 Å². The van der Waals surface area contributed by atoms with E-state index in [-0.39, 0.29) is 13.0 Å². The van der Waals surface area contributed by atoms with Gasteiger partial charge in [-0.2, -0.15) is 0 Å². The Balaban J connectivity index is 2.67. The van der Waals surface area contributed by atoms with E-state index in [0.29, 0.717) is 0 Å². The molecule has 1 heterocycles. The van der Waals surface area contributed by atoms with E-state index in [1.54, 1.807) is 0 Å². The van der Waals surface area contributed by atoms with Crippen LogP contribution in [0.2, 0.25) is 0 Å². The molecule has 0 spiro atoms. The number of carbonyl (C=O) groups excluding carboxylic acids is 1. The van der Waals surface area contributed by atoms with Gasteiger partial charge in [-0.1, -0.05) is 0 Å². The Morgan fingerprint density at radius 1 is 1.78 bits per heavy atom. The van der Waals surface area contributed by atoms with Crippen LogP contribution < -0.4 is 0 Å². The van der Waals surface area contributed by atoms with Crippen LogP contribution in [-0.4, -0.2) is 35.0 Å². The maximum Gasteiger partial charge on any atom is 0.340 e. The molecule has 0 amide bonds. The Kier molecular flexibility index (Phi) is 1.42. The van der Waals surface area contributed by atoms with Crippen molar-refractivity contribution < 1.29 is 19.7 Å². The fourth-order valence-corrected chi connectivity index (χ4v) is 0.693. The van der Waals surface area contributed by atoms with E-state index in [1.807, 2.05) is 0 Å². The second-order valence-electron chi connectivity index (χ2n) is 2.08. The molecule has 9 heavy (non-hydrogen) atoms. The van der Waals surface area contributed by atoms with Crippen molar-refractivity contribution in [3.63, 3.8) is 0 Å². The highest BCUT2D eigenvalue weighted by molar-refractivity contribution is 5.81. The molecular weight excluding hydrogens is 124 g/mol. The number of aliphatic hydroxyl groups excluding tert-OH is 1. The number of rotatable bonds is 1. The molecular formula is C5H8O4. The minimum Gasteiger partial charge on any atom is -0.463 e. The third kappa shape index (κ3) is 0.906. The van der Waals surface area contributed by atoms with Gasteiger partial charge in [0, 0.05) is 6.42 Å². The van der Waals surface area contributed by atoms with E-state index >= 15 is 0 Å². The van der Waals surface area contributed by atoms with Gasteiger partial charge in [0.05, 0.1) is 13.2 Å². The second-order valence-corrected chi connectivity index (χ2v) is 2.08. The Morgan fingerprint density at radius 2 is 2.44 bits per heavy atom. The van der Waals surface area contributed by atoms with E-state index in [0.717, 1.165) is 0 Å². The van der Waals surface area contributed by atoms with Crippen LogP contribution in [0.5, 0.6) is 0 Å². The van der Waals surface area contributed by atoms with Gasteiger partial charge in [-0.25, -0.2) is 4.79 Å². The van der Waals surface area contributed by atoms with E-state index < -0.39 is 18.2 Å². The summed E-state index contributed by atoms with van der Waals surface area (Å²) in [7, 11) is 0. The molecule has 1 aliphatic heterocycles. The van der Waals surface area contributed by atoms with Crippen LogP contribution in [0, 0.1) is 0 Å². The normalized spacial score (nSPS) is 34.7. The largest absolute Gasteiger partial charge is 0.463 e. The van der Waals surface area contributed by atoms with Crippen molar-refractivity contribution in [1.29, 1.82) is 0 Å². The summed E-state index contributed by atoms with van der Waals surface area (Å²) in [4.78, 5) is 10.5. The minimum absolute atomic E-state index is 0.197. The summed E-state index contributed by atoms with van der Waals surface area (Å²) >= 11 is 0. The molecule has 4 nitrogen and oxygen atoms in total. The lowest BCUT2D eigenvalue weighted by molar-refractivity contribution is -0.156. The molecule has 0 aromatic carbocycles. The Labute approximate surface area is 52.1 Å². The molecule has 1 aliphatic rings. The van der Waals surface area contributed by atoms with Crippen molar-refractivity contribution in [2.45, 2.75) is 12.0 Å². The molecule has 0 aromatic heterocycles. The fraction of sp³-hybridized carbons (Fsp3) is 0.800. The predicted octanol–water partition coefficient (Wildman–Crippen LogP) is -1.34. The first-order valence-electron chi connectivity index (χ1n) is 2.69. The van der Waals surface area contributed by atoms with Gasteiger partial charge in [-0.05, 0) is 0 Å². The van der Waals surface area contributed by atoms with Gasteiger partial charge < -0.3 is 14.9 Å². The molecule has 4 heteroatoms. The summed E-state index contributed by atoms with van der Waals surface area (Å²) in [5.74, 6) is -0.718. The monoisotopic (exact) mass is 132 g/mol. The van der Waals surface area contributed by atoms with Gasteiger partial charge in [0.2, 0.25) is 0 Å². The highest BCUT2D eigenvalue weighted by Crippen LogP contribution is 2.18. The van der Waals surface area contributed by atoms with Gasteiger partial charge >= 0.3 is 5.97 Å². The van der Waals surface area contributed by atoms with Crippen molar-refractivity contribution in [3.8, 4) is 0 Å². The van der Waals surface area contributed by atoms with Crippen LogP contribution >= 0.6 is 0 Å². The lowest BCUT2D eigenvalue weighted by Crippen LogP contribution is -2.37. The highest BCUT2D eigenvalue weighted by Gasteiger charge is 2.41. The molecule has 1 fully saturated rings. The predicted molar refractivity (Wildman–Crippen MR) is 27.6 cm³/mol. The standard InChI is InChI=1S/C5H8O4/c6-3-5(8)1-2-9-4(5)7/h6,8H,1-3H2. The summed E-state index contributed by atoms with van der Waals surface area (Å²) in [6, 6.07) is 0. The lowest BCUT2D eigenvalue weighted by Gasteiger charge is -2.11. The van der Waals surface area contributed by atoms with E-state index in [9.17, 15) is 4.79 Å². The second kappa shape index (κ2) is 1.97. The van der Waals surface area contributed by atoms with Crippen molar-refractivity contribution in [2.24, 2.45) is 0 Å². The minimum atomic E-state index is -1.61. The summed E-state index contributed by atoms with van der Waals surface area (Å²) in [5, 5.41) is 17.5. The number of cyclic esters (lactones) is 1. The van der Waals surface area contributed by atoms with Crippen LogP contribution in [0.4, 0.5) is 0 Å². The van der Waals surface area contributed by atoms with Gasteiger partial charge in [0.25, 0.3) is 0 Å². The summed E-state index contributed by atoms with van der Waals surface area (Å²) in [6.45, 7) is -0.346. The quantitative estimate of drug-likeness (QED) is 0.433. The Morgan fingerprint density at radius 3 is 2.67 bits per heavy atom. The molecule has 1 unspecified atom stereocenters. The van der Waals surface area contributed by atoms with E-state index in [1.165, 1.54) is 0 Å². The number of esters is 1. The fourth-order valence-electron chi connectivity index (χ4n) is 0.693. The zero-order chi connectivity index (χ0) is 6.91. The third-order valence-corrected chi connectivity index (χ3v) is 1.39. The number of hydrogen-bond acceptors (Lipinski definition) is 4. The molecule has 0 radical (unpaired) electrons. The molecule has 1 rings (SSSR count). The lowest BCUT2D eigenvalue weighted by atomic mass is 10.1. The average Bonchev–Trinajstić information content (AvgIpc) is 2.15. The molecule has 2 N–H and O–H groups in total. The number of aliphatic hydroxyl groups is 2.